The van der Waals surface area contributed by atoms with Crippen LogP contribution >= 0.6 is 0 Å². The molecule has 0 aliphatic rings. The van der Waals surface area contributed by atoms with E-state index in [-0.39, 0.29) is 12.3 Å². The Morgan fingerprint density at radius 1 is 1.18 bits per heavy atom. The molecule has 7 N–H and O–H groups in total. The third-order valence-corrected chi connectivity index (χ3v) is 1.10. The lowest BCUT2D eigenvalue weighted by atomic mass is 10.6. The molecule has 6 heteroatoms. The second kappa shape index (κ2) is 3.59. The fourth-order valence-electron chi connectivity index (χ4n) is 0.691. The molecule has 6 nitrogen and oxygen atoms in total. The third kappa shape index (κ3) is 1.48. The summed E-state index contributed by atoms with van der Waals surface area (Å²) in [4.78, 5) is 14.5. The maximum absolute atomic E-state index is 3.91. The minimum atomic E-state index is 0. The van der Waals surface area contributed by atoms with E-state index in [9.17, 15) is 0 Å². The summed E-state index contributed by atoms with van der Waals surface area (Å²) in [5.41, 5.74) is 1.59. The van der Waals surface area contributed by atoms with Gasteiger partial charge < -0.3 is 17.3 Å². The molecule has 0 aliphatic carbocycles. The van der Waals surface area contributed by atoms with Gasteiger partial charge >= 0.3 is 0 Å². The Morgan fingerprint density at radius 2 is 2.00 bits per heavy atom. The van der Waals surface area contributed by atoms with E-state index in [0.29, 0.717) is 5.65 Å². The third-order valence-electron chi connectivity index (χ3n) is 1.10. The molecule has 60 valence electrons. The zero-order chi connectivity index (χ0) is 6.10. The highest BCUT2D eigenvalue weighted by atomic mass is 15.0. The van der Waals surface area contributed by atoms with Crippen molar-refractivity contribution < 1.29 is 0 Å². The number of hydrogen-bond acceptors (Lipinski definition) is 5. The van der Waals surface area contributed by atoms with Gasteiger partial charge in [-0.1, -0.05) is 0 Å². The van der Waals surface area contributed by atoms with Gasteiger partial charge in [0, 0.05) is 0 Å². The lowest BCUT2D eigenvalue weighted by Gasteiger charge is -1.80. The largest absolute Gasteiger partial charge is 0.344 e. The number of nitrogens with zero attached hydrogens (tertiary/aromatic N) is 3. The molecule has 0 bridgehead atoms. The van der Waals surface area contributed by atoms with Crippen LogP contribution in [0, 0.1) is 0 Å². The number of rotatable bonds is 0. The molecule has 2 aromatic rings. The fourth-order valence-corrected chi connectivity index (χ4v) is 0.691. The molecule has 0 atom stereocenters. The van der Waals surface area contributed by atoms with Crippen LogP contribution in [0.15, 0.2) is 18.9 Å². The molecular formula is C5H10N6. The van der Waals surface area contributed by atoms with Crippen molar-refractivity contribution in [3.05, 3.63) is 18.9 Å². The minimum absolute atomic E-state index is 0. The van der Waals surface area contributed by atoms with Crippen LogP contribution in [0.25, 0.3) is 11.2 Å². The monoisotopic (exact) mass is 154 g/mol. The highest BCUT2D eigenvalue weighted by Crippen LogP contribution is 1.99. The first-order valence-corrected chi connectivity index (χ1v) is 2.56. The average molecular weight is 154 g/mol. The average Bonchev–Trinajstić information content (AvgIpc) is 2.33. The van der Waals surface area contributed by atoms with Crippen molar-refractivity contribution in [2.45, 2.75) is 0 Å². The number of aromatic amines is 1. The van der Waals surface area contributed by atoms with Crippen molar-refractivity contribution in [2.75, 3.05) is 0 Å². The predicted molar refractivity (Wildman–Crippen MR) is 41.7 cm³/mol. The minimum Gasteiger partial charge on any atom is -0.344 e. The molecule has 0 saturated heterocycles. The lowest BCUT2D eigenvalue weighted by Crippen LogP contribution is -1.76. The number of fused-ring (bicyclic) bond motifs is 1. The molecule has 0 saturated carbocycles. The van der Waals surface area contributed by atoms with Crippen LogP contribution < -0.4 is 12.3 Å². The van der Waals surface area contributed by atoms with E-state index in [0.717, 1.165) is 5.52 Å². The van der Waals surface area contributed by atoms with E-state index in [4.69, 9.17) is 0 Å². The summed E-state index contributed by atoms with van der Waals surface area (Å²) in [7, 11) is 0. The van der Waals surface area contributed by atoms with E-state index >= 15 is 0 Å². The number of imidazole rings is 1. The summed E-state index contributed by atoms with van der Waals surface area (Å²) in [5, 5.41) is 0. The van der Waals surface area contributed by atoms with E-state index in [1.165, 1.54) is 6.33 Å². The Bertz CT molecular complexity index is 285. The summed E-state index contributed by atoms with van der Waals surface area (Å²) in [6.45, 7) is 0. The van der Waals surface area contributed by atoms with Crippen molar-refractivity contribution in [3.63, 3.8) is 0 Å². The summed E-state index contributed by atoms with van der Waals surface area (Å²) in [6.07, 6.45) is 4.76. The summed E-state index contributed by atoms with van der Waals surface area (Å²) < 4.78 is 0. The van der Waals surface area contributed by atoms with Gasteiger partial charge in [-0.3, -0.25) is 0 Å². The van der Waals surface area contributed by atoms with Gasteiger partial charge in [0.05, 0.1) is 12.5 Å². The van der Waals surface area contributed by atoms with Gasteiger partial charge in [-0.15, -0.1) is 0 Å². The molecule has 0 spiro atoms. The number of aromatic nitrogens is 4. The van der Waals surface area contributed by atoms with E-state index in [2.05, 4.69) is 19.9 Å². The number of H-pyrrole nitrogens is 1. The molecule has 0 aliphatic heterocycles. The van der Waals surface area contributed by atoms with Crippen molar-refractivity contribution >= 4 is 11.2 Å². The van der Waals surface area contributed by atoms with Gasteiger partial charge in [-0.05, 0) is 0 Å². The highest BCUT2D eigenvalue weighted by molar-refractivity contribution is 5.67. The summed E-state index contributed by atoms with van der Waals surface area (Å²) >= 11 is 0. The molecular weight excluding hydrogens is 144 g/mol. The Balaban J connectivity index is 0.000000500. The van der Waals surface area contributed by atoms with E-state index in [1.54, 1.807) is 12.5 Å². The van der Waals surface area contributed by atoms with Crippen LogP contribution in [-0.2, 0) is 0 Å². The predicted octanol–water partition coefficient (Wildman–Crippen LogP) is 0.677. The smallest absolute Gasteiger partial charge is 0.180 e. The van der Waals surface area contributed by atoms with Gasteiger partial charge in [-0.25, -0.2) is 15.0 Å². The number of nitrogens with one attached hydrogen (secondary N) is 1. The number of hydrogen-bond donors (Lipinski definition) is 3. The molecule has 0 fully saturated rings. The topological polar surface area (TPSA) is 124 Å². The Kier molecular flexibility index (Phi) is 3.09. The van der Waals surface area contributed by atoms with Gasteiger partial charge in [0.1, 0.15) is 11.8 Å². The molecule has 2 rings (SSSR count). The molecule has 11 heavy (non-hydrogen) atoms. The van der Waals surface area contributed by atoms with Crippen LogP contribution in [0.1, 0.15) is 0 Å². The summed E-state index contributed by atoms with van der Waals surface area (Å²) in [5.74, 6) is 0. The van der Waals surface area contributed by atoms with E-state index < -0.39 is 0 Å². The molecule has 0 aromatic carbocycles. The van der Waals surface area contributed by atoms with Crippen molar-refractivity contribution in [1.82, 2.24) is 32.2 Å². The first kappa shape index (κ1) is 9.47. The van der Waals surface area contributed by atoms with Gasteiger partial charge in [0.15, 0.2) is 5.65 Å². The first-order chi connectivity index (χ1) is 4.47. The standard InChI is InChI=1S/C5H4N4.2H3N/c1-4-5(8-2-6-1)9-3-7-4;;/h1-3H,(H,6,7,8,9);2*1H3. The zero-order valence-electron chi connectivity index (χ0n) is 5.99. The Hall–Kier alpha value is -1.53. The highest BCUT2D eigenvalue weighted by Gasteiger charge is 1.91. The summed E-state index contributed by atoms with van der Waals surface area (Å²) in [6, 6.07) is 0. The van der Waals surface area contributed by atoms with Crippen LogP contribution in [0.4, 0.5) is 0 Å². The first-order valence-electron chi connectivity index (χ1n) is 2.56. The van der Waals surface area contributed by atoms with Crippen molar-refractivity contribution in [2.24, 2.45) is 0 Å². The quantitative estimate of drug-likeness (QED) is 0.514. The Morgan fingerprint density at radius 3 is 2.73 bits per heavy atom. The second-order valence-corrected chi connectivity index (χ2v) is 1.66. The molecule has 0 radical (unpaired) electrons. The van der Waals surface area contributed by atoms with Crippen LogP contribution in [-0.4, -0.2) is 19.9 Å². The van der Waals surface area contributed by atoms with Gasteiger partial charge in [-0.2, -0.15) is 0 Å². The lowest BCUT2D eigenvalue weighted by molar-refractivity contribution is 1.20. The van der Waals surface area contributed by atoms with E-state index in [1.807, 2.05) is 0 Å². The van der Waals surface area contributed by atoms with Crippen molar-refractivity contribution in [1.29, 1.82) is 0 Å². The molecule has 0 amide bonds. The Labute approximate surface area is 63.3 Å². The zero-order valence-corrected chi connectivity index (χ0v) is 5.99. The molecule has 2 aromatic heterocycles. The van der Waals surface area contributed by atoms with Gasteiger partial charge in [0.2, 0.25) is 0 Å². The molecule has 0 unspecified atom stereocenters. The van der Waals surface area contributed by atoms with Crippen molar-refractivity contribution in [3.8, 4) is 0 Å². The van der Waals surface area contributed by atoms with Gasteiger partial charge in [0.25, 0.3) is 0 Å². The molecule has 2 heterocycles. The van der Waals surface area contributed by atoms with Crippen LogP contribution in [0.2, 0.25) is 0 Å². The fraction of sp³-hybridized carbons (Fsp3) is 0. The normalized spacial score (nSPS) is 8.36. The SMILES string of the molecule is N.N.c1ncc2[nH]cnc2n1. The second-order valence-electron chi connectivity index (χ2n) is 1.66. The van der Waals surface area contributed by atoms with Crippen LogP contribution in [0.3, 0.4) is 0 Å². The maximum Gasteiger partial charge on any atom is 0.180 e. The maximum atomic E-state index is 3.91. The van der Waals surface area contributed by atoms with Crippen LogP contribution in [0.5, 0.6) is 0 Å².